The molecule has 0 aliphatic heterocycles. The SMILES string of the molecule is C=C[C@@H](O)[C@@H](O)[C@@H](O)CNC. The third-order valence-corrected chi connectivity index (χ3v) is 1.40. The van der Waals surface area contributed by atoms with Crippen LogP contribution >= 0.6 is 0 Å². The Morgan fingerprint density at radius 2 is 2.00 bits per heavy atom. The maximum absolute atomic E-state index is 9.11. The van der Waals surface area contributed by atoms with Crippen LogP contribution in [0.25, 0.3) is 0 Å². The van der Waals surface area contributed by atoms with Crippen molar-refractivity contribution in [1.29, 1.82) is 0 Å². The molecule has 0 bridgehead atoms. The summed E-state index contributed by atoms with van der Waals surface area (Å²) < 4.78 is 0. The van der Waals surface area contributed by atoms with Crippen LogP contribution in [0.15, 0.2) is 12.7 Å². The molecule has 4 heteroatoms. The van der Waals surface area contributed by atoms with Gasteiger partial charge < -0.3 is 20.6 Å². The molecule has 0 heterocycles. The number of likely N-dealkylation sites (N-methyl/N-ethyl adjacent to an activating group) is 1. The molecule has 11 heavy (non-hydrogen) atoms. The number of hydrogen-bond donors (Lipinski definition) is 4. The number of aliphatic hydroxyl groups excluding tert-OH is 3. The van der Waals surface area contributed by atoms with Gasteiger partial charge in [0.15, 0.2) is 0 Å². The van der Waals surface area contributed by atoms with E-state index in [9.17, 15) is 0 Å². The van der Waals surface area contributed by atoms with Crippen LogP contribution < -0.4 is 5.32 Å². The Hall–Kier alpha value is -0.420. The zero-order chi connectivity index (χ0) is 8.85. The van der Waals surface area contributed by atoms with Crippen molar-refractivity contribution in [2.24, 2.45) is 0 Å². The van der Waals surface area contributed by atoms with E-state index in [1.54, 1.807) is 7.05 Å². The van der Waals surface area contributed by atoms with Gasteiger partial charge in [0.05, 0.1) is 6.10 Å². The first-order chi connectivity index (χ1) is 5.13. The molecule has 0 radical (unpaired) electrons. The molecule has 0 aromatic carbocycles. The van der Waals surface area contributed by atoms with E-state index >= 15 is 0 Å². The first-order valence-corrected chi connectivity index (χ1v) is 3.44. The topological polar surface area (TPSA) is 72.7 Å². The zero-order valence-electron chi connectivity index (χ0n) is 6.57. The van der Waals surface area contributed by atoms with Crippen LogP contribution in [0.5, 0.6) is 0 Å². The summed E-state index contributed by atoms with van der Waals surface area (Å²) in [6, 6.07) is 0. The van der Waals surface area contributed by atoms with E-state index in [2.05, 4.69) is 11.9 Å². The molecule has 0 aromatic heterocycles. The third-order valence-electron chi connectivity index (χ3n) is 1.40. The lowest BCUT2D eigenvalue weighted by atomic mass is 10.1. The Morgan fingerprint density at radius 3 is 2.36 bits per heavy atom. The largest absolute Gasteiger partial charge is 0.389 e. The molecule has 0 aromatic rings. The van der Waals surface area contributed by atoms with Gasteiger partial charge in [-0.1, -0.05) is 6.08 Å². The van der Waals surface area contributed by atoms with Crippen molar-refractivity contribution >= 4 is 0 Å². The Balaban J connectivity index is 3.79. The monoisotopic (exact) mass is 161 g/mol. The molecule has 0 saturated heterocycles. The van der Waals surface area contributed by atoms with Crippen LogP contribution in [0.3, 0.4) is 0 Å². The standard InChI is InChI=1S/C7H15NO3/c1-3-5(9)7(11)6(10)4-8-2/h3,5-11H,1,4H2,2H3/t5-,6+,7-/m1/s1. The van der Waals surface area contributed by atoms with Crippen LogP contribution in [0.2, 0.25) is 0 Å². The summed E-state index contributed by atoms with van der Waals surface area (Å²) in [5.74, 6) is 0. The summed E-state index contributed by atoms with van der Waals surface area (Å²) >= 11 is 0. The average molecular weight is 161 g/mol. The van der Waals surface area contributed by atoms with Crippen molar-refractivity contribution in [3.8, 4) is 0 Å². The van der Waals surface area contributed by atoms with Crippen molar-refractivity contribution in [2.45, 2.75) is 18.3 Å². The molecular weight excluding hydrogens is 146 g/mol. The van der Waals surface area contributed by atoms with Gasteiger partial charge in [0, 0.05) is 6.54 Å². The van der Waals surface area contributed by atoms with Crippen molar-refractivity contribution in [1.82, 2.24) is 5.32 Å². The van der Waals surface area contributed by atoms with E-state index in [0.29, 0.717) is 0 Å². The van der Waals surface area contributed by atoms with E-state index in [-0.39, 0.29) is 6.54 Å². The highest BCUT2D eigenvalue weighted by atomic mass is 16.4. The lowest BCUT2D eigenvalue weighted by Crippen LogP contribution is -2.41. The second-order valence-corrected chi connectivity index (χ2v) is 2.34. The summed E-state index contributed by atoms with van der Waals surface area (Å²) in [7, 11) is 1.65. The fraction of sp³-hybridized carbons (Fsp3) is 0.714. The molecule has 0 saturated carbocycles. The Morgan fingerprint density at radius 1 is 1.45 bits per heavy atom. The highest BCUT2D eigenvalue weighted by Crippen LogP contribution is 1.99. The van der Waals surface area contributed by atoms with Crippen molar-refractivity contribution in [3.05, 3.63) is 12.7 Å². The summed E-state index contributed by atoms with van der Waals surface area (Å²) in [4.78, 5) is 0. The molecule has 66 valence electrons. The average Bonchev–Trinajstić information content (AvgIpc) is 2.02. The first-order valence-electron chi connectivity index (χ1n) is 3.44. The van der Waals surface area contributed by atoms with Gasteiger partial charge in [0.2, 0.25) is 0 Å². The van der Waals surface area contributed by atoms with E-state index in [4.69, 9.17) is 15.3 Å². The van der Waals surface area contributed by atoms with Gasteiger partial charge in [0.1, 0.15) is 12.2 Å². The molecule has 0 rings (SSSR count). The van der Waals surface area contributed by atoms with Gasteiger partial charge in [0.25, 0.3) is 0 Å². The van der Waals surface area contributed by atoms with Crippen LogP contribution in [0.1, 0.15) is 0 Å². The first kappa shape index (κ1) is 10.6. The minimum Gasteiger partial charge on any atom is -0.389 e. The van der Waals surface area contributed by atoms with Gasteiger partial charge in [-0.3, -0.25) is 0 Å². The summed E-state index contributed by atoms with van der Waals surface area (Å²) in [5, 5.41) is 29.8. The predicted octanol–water partition coefficient (Wildman–Crippen LogP) is -1.53. The summed E-state index contributed by atoms with van der Waals surface area (Å²) in [6.45, 7) is 3.52. The number of rotatable bonds is 5. The highest BCUT2D eigenvalue weighted by molar-refractivity contribution is 4.88. The fourth-order valence-electron chi connectivity index (χ4n) is 0.697. The Labute approximate surface area is 66.2 Å². The Bertz CT molecular complexity index is 118. The number of aliphatic hydroxyl groups is 3. The molecule has 4 N–H and O–H groups in total. The molecule has 0 unspecified atom stereocenters. The van der Waals surface area contributed by atoms with Gasteiger partial charge in [-0.15, -0.1) is 6.58 Å². The van der Waals surface area contributed by atoms with Crippen LogP contribution in [-0.2, 0) is 0 Å². The fourth-order valence-corrected chi connectivity index (χ4v) is 0.697. The molecular formula is C7H15NO3. The van der Waals surface area contributed by atoms with Crippen LogP contribution in [0.4, 0.5) is 0 Å². The van der Waals surface area contributed by atoms with Gasteiger partial charge >= 0.3 is 0 Å². The quantitative estimate of drug-likeness (QED) is 0.369. The minimum atomic E-state index is -1.17. The zero-order valence-corrected chi connectivity index (χ0v) is 6.57. The van der Waals surface area contributed by atoms with Crippen molar-refractivity contribution in [2.75, 3.05) is 13.6 Å². The Kier molecular flexibility index (Phi) is 5.06. The van der Waals surface area contributed by atoms with Gasteiger partial charge in [-0.05, 0) is 7.05 Å². The van der Waals surface area contributed by atoms with E-state index in [1.807, 2.05) is 0 Å². The third kappa shape index (κ3) is 3.48. The van der Waals surface area contributed by atoms with Gasteiger partial charge in [-0.25, -0.2) is 0 Å². The van der Waals surface area contributed by atoms with Gasteiger partial charge in [-0.2, -0.15) is 0 Å². The number of hydrogen-bond acceptors (Lipinski definition) is 4. The van der Waals surface area contributed by atoms with E-state index in [0.717, 1.165) is 0 Å². The van der Waals surface area contributed by atoms with E-state index < -0.39 is 18.3 Å². The molecule has 4 nitrogen and oxygen atoms in total. The molecule has 0 amide bonds. The summed E-state index contributed by atoms with van der Waals surface area (Å²) in [6.07, 6.45) is -2.02. The lowest BCUT2D eigenvalue weighted by Gasteiger charge is -2.19. The highest BCUT2D eigenvalue weighted by Gasteiger charge is 2.21. The van der Waals surface area contributed by atoms with Crippen LogP contribution in [-0.4, -0.2) is 47.2 Å². The summed E-state index contributed by atoms with van der Waals surface area (Å²) in [5.41, 5.74) is 0. The van der Waals surface area contributed by atoms with Crippen LogP contribution in [0, 0.1) is 0 Å². The molecule has 0 fully saturated rings. The van der Waals surface area contributed by atoms with Crippen molar-refractivity contribution < 1.29 is 15.3 Å². The maximum Gasteiger partial charge on any atom is 0.111 e. The van der Waals surface area contributed by atoms with E-state index in [1.165, 1.54) is 6.08 Å². The molecule has 0 aliphatic rings. The number of nitrogens with one attached hydrogen (secondary N) is 1. The molecule has 3 atom stereocenters. The minimum absolute atomic E-state index is 0.242. The second kappa shape index (κ2) is 5.26. The smallest absolute Gasteiger partial charge is 0.111 e. The van der Waals surface area contributed by atoms with Crippen molar-refractivity contribution in [3.63, 3.8) is 0 Å². The molecule has 0 aliphatic carbocycles. The molecule has 0 spiro atoms. The maximum atomic E-state index is 9.11. The second-order valence-electron chi connectivity index (χ2n) is 2.34. The lowest BCUT2D eigenvalue weighted by molar-refractivity contribution is -0.0391. The predicted molar refractivity (Wildman–Crippen MR) is 42.1 cm³/mol. The normalized spacial score (nSPS) is 18.9.